The van der Waals surface area contributed by atoms with E-state index >= 15 is 0 Å². The molecule has 0 saturated carbocycles. The van der Waals surface area contributed by atoms with Gasteiger partial charge in [0.15, 0.2) is 0 Å². The van der Waals surface area contributed by atoms with E-state index in [0.717, 1.165) is 0 Å². The zero-order chi connectivity index (χ0) is 15.3. The number of nitrogens with one attached hydrogen (secondary N) is 1. The lowest BCUT2D eigenvalue weighted by molar-refractivity contribution is -0.139. The van der Waals surface area contributed by atoms with Crippen LogP contribution in [-0.2, 0) is 9.59 Å². The van der Waals surface area contributed by atoms with Gasteiger partial charge in [0.25, 0.3) is 5.91 Å². The minimum Gasteiger partial charge on any atom is -0.508 e. The van der Waals surface area contributed by atoms with Crippen molar-refractivity contribution in [2.75, 3.05) is 0 Å². The maximum absolute atomic E-state index is 12.0. The first-order valence-electron chi connectivity index (χ1n) is 5.93. The molecular formula is C13H16N2O5. The van der Waals surface area contributed by atoms with Gasteiger partial charge in [-0.25, -0.2) is 4.79 Å². The quantitative estimate of drug-likeness (QED) is 0.589. The molecule has 0 saturated heterocycles. The maximum atomic E-state index is 12.0. The number of phenols is 1. The summed E-state index contributed by atoms with van der Waals surface area (Å²) in [7, 11) is 0. The number of carbonyl (C=O) groups excluding carboxylic acids is 2. The minimum atomic E-state index is -1.24. The van der Waals surface area contributed by atoms with E-state index in [9.17, 15) is 19.5 Å². The Morgan fingerprint density at radius 1 is 1.35 bits per heavy atom. The maximum Gasteiger partial charge on any atom is 0.326 e. The Hall–Kier alpha value is -2.57. The number of carbonyl (C=O) groups is 3. The number of primary amides is 1. The van der Waals surface area contributed by atoms with E-state index in [1.54, 1.807) is 6.92 Å². The SMILES string of the molecule is Cc1cc(O)ccc1C(=O)NC(CCC(N)=O)C(=O)O. The van der Waals surface area contributed by atoms with Crippen LogP contribution in [0.1, 0.15) is 28.8 Å². The van der Waals surface area contributed by atoms with Crippen molar-refractivity contribution in [3.05, 3.63) is 29.3 Å². The van der Waals surface area contributed by atoms with E-state index in [-0.39, 0.29) is 24.2 Å². The molecule has 0 bridgehead atoms. The molecule has 20 heavy (non-hydrogen) atoms. The molecule has 0 aliphatic rings. The monoisotopic (exact) mass is 280 g/mol. The summed E-state index contributed by atoms with van der Waals surface area (Å²) in [6.07, 6.45) is -0.209. The van der Waals surface area contributed by atoms with Crippen LogP contribution in [0, 0.1) is 6.92 Å². The molecule has 1 unspecified atom stereocenters. The molecule has 0 aromatic heterocycles. The number of aliphatic carboxylic acids is 1. The molecule has 5 N–H and O–H groups in total. The van der Waals surface area contributed by atoms with Crippen LogP contribution in [-0.4, -0.2) is 34.0 Å². The van der Waals surface area contributed by atoms with Gasteiger partial charge in [0.1, 0.15) is 11.8 Å². The number of carboxylic acid groups (broad SMARTS) is 1. The highest BCUT2D eigenvalue weighted by molar-refractivity contribution is 5.98. The molecule has 0 fully saturated rings. The lowest BCUT2D eigenvalue weighted by Gasteiger charge is -2.14. The van der Waals surface area contributed by atoms with E-state index in [0.29, 0.717) is 5.56 Å². The topological polar surface area (TPSA) is 130 Å². The van der Waals surface area contributed by atoms with Gasteiger partial charge in [-0.15, -0.1) is 0 Å². The zero-order valence-electron chi connectivity index (χ0n) is 10.9. The van der Waals surface area contributed by atoms with Gasteiger partial charge in [-0.2, -0.15) is 0 Å². The van der Waals surface area contributed by atoms with Crippen LogP contribution in [0.4, 0.5) is 0 Å². The fourth-order valence-electron chi connectivity index (χ4n) is 1.68. The zero-order valence-corrected chi connectivity index (χ0v) is 10.9. The summed E-state index contributed by atoms with van der Waals surface area (Å²) in [5.41, 5.74) is 5.72. The second kappa shape index (κ2) is 6.55. The molecule has 1 aromatic rings. The van der Waals surface area contributed by atoms with E-state index < -0.39 is 23.8 Å². The fourth-order valence-corrected chi connectivity index (χ4v) is 1.68. The molecule has 1 aromatic carbocycles. The number of hydrogen-bond acceptors (Lipinski definition) is 4. The molecule has 7 nitrogen and oxygen atoms in total. The van der Waals surface area contributed by atoms with Crippen molar-refractivity contribution in [3.8, 4) is 5.75 Å². The number of phenolic OH excluding ortho intramolecular Hbond substituents is 1. The molecule has 0 spiro atoms. The van der Waals surface area contributed by atoms with Crippen LogP contribution < -0.4 is 11.1 Å². The first kappa shape index (κ1) is 15.5. The van der Waals surface area contributed by atoms with Crippen molar-refractivity contribution in [1.82, 2.24) is 5.32 Å². The molecule has 1 rings (SSSR count). The molecule has 2 amide bonds. The van der Waals surface area contributed by atoms with Crippen molar-refractivity contribution >= 4 is 17.8 Å². The van der Waals surface area contributed by atoms with Crippen molar-refractivity contribution in [3.63, 3.8) is 0 Å². The Balaban J connectivity index is 2.80. The summed E-state index contributed by atoms with van der Waals surface area (Å²) in [5.74, 6) is -2.44. The van der Waals surface area contributed by atoms with Gasteiger partial charge in [0.05, 0.1) is 0 Å². The number of hydrogen-bond donors (Lipinski definition) is 4. The van der Waals surface area contributed by atoms with Gasteiger partial charge in [-0.05, 0) is 37.1 Å². The first-order valence-corrected chi connectivity index (χ1v) is 5.93. The predicted molar refractivity (Wildman–Crippen MR) is 70.2 cm³/mol. The minimum absolute atomic E-state index is 0.0163. The Bertz CT molecular complexity index is 542. The number of carboxylic acids is 1. The standard InChI is InChI=1S/C13H16N2O5/c1-7-6-8(16)2-3-9(7)12(18)15-10(13(19)20)4-5-11(14)17/h2-3,6,10,16H,4-5H2,1H3,(H2,14,17)(H,15,18)(H,19,20). The summed E-state index contributed by atoms with van der Waals surface area (Å²) in [6.45, 7) is 1.62. The van der Waals surface area contributed by atoms with Crippen LogP contribution in [0.5, 0.6) is 5.75 Å². The molecule has 7 heteroatoms. The average molecular weight is 280 g/mol. The lowest BCUT2D eigenvalue weighted by atomic mass is 10.1. The smallest absolute Gasteiger partial charge is 0.326 e. The number of benzene rings is 1. The van der Waals surface area contributed by atoms with E-state index in [2.05, 4.69) is 5.32 Å². The van der Waals surface area contributed by atoms with Crippen LogP contribution in [0.3, 0.4) is 0 Å². The van der Waals surface area contributed by atoms with Gasteiger partial charge >= 0.3 is 5.97 Å². The summed E-state index contributed by atoms with van der Waals surface area (Å²) in [5, 5.41) is 20.6. The Labute approximate surface area is 115 Å². The van der Waals surface area contributed by atoms with Gasteiger partial charge in [-0.1, -0.05) is 0 Å². The number of rotatable bonds is 6. The van der Waals surface area contributed by atoms with Crippen molar-refractivity contribution in [2.45, 2.75) is 25.8 Å². The van der Waals surface area contributed by atoms with Crippen molar-refractivity contribution in [2.24, 2.45) is 5.73 Å². The highest BCUT2D eigenvalue weighted by atomic mass is 16.4. The molecule has 1 atom stereocenters. The Morgan fingerprint density at radius 2 is 2.00 bits per heavy atom. The number of aromatic hydroxyl groups is 1. The molecule has 0 aliphatic carbocycles. The first-order chi connectivity index (χ1) is 9.31. The summed E-state index contributed by atoms with van der Waals surface area (Å²) in [6, 6.07) is 2.94. The molecule has 0 heterocycles. The van der Waals surface area contributed by atoms with E-state index in [4.69, 9.17) is 10.8 Å². The Morgan fingerprint density at radius 3 is 2.50 bits per heavy atom. The summed E-state index contributed by atoms with van der Waals surface area (Å²) >= 11 is 0. The van der Waals surface area contributed by atoms with Crippen LogP contribution in [0.2, 0.25) is 0 Å². The summed E-state index contributed by atoms with van der Waals surface area (Å²) in [4.78, 5) is 33.6. The number of aryl methyl sites for hydroxylation is 1. The van der Waals surface area contributed by atoms with Crippen LogP contribution >= 0.6 is 0 Å². The Kier molecular flexibility index (Phi) is 5.08. The van der Waals surface area contributed by atoms with Gasteiger partial charge in [-0.3, -0.25) is 9.59 Å². The van der Waals surface area contributed by atoms with E-state index in [1.807, 2.05) is 0 Å². The number of nitrogens with two attached hydrogens (primary N) is 1. The molecule has 108 valence electrons. The van der Waals surface area contributed by atoms with Gasteiger partial charge < -0.3 is 21.3 Å². The van der Waals surface area contributed by atoms with Gasteiger partial charge in [0, 0.05) is 12.0 Å². The third-order valence-electron chi connectivity index (χ3n) is 2.74. The number of amides is 2. The fraction of sp³-hybridized carbons (Fsp3) is 0.308. The van der Waals surface area contributed by atoms with Gasteiger partial charge in [0.2, 0.25) is 5.91 Å². The van der Waals surface area contributed by atoms with Crippen molar-refractivity contribution in [1.29, 1.82) is 0 Å². The predicted octanol–water partition coefficient (Wildman–Crippen LogP) is 0.149. The molecule has 0 aliphatic heterocycles. The second-order valence-corrected chi connectivity index (χ2v) is 4.37. The lowest BCUT2D eigenvalue weighted by Crippen LogP contribution is -2.41. The third-order valence-corrected chi connectivity index (χ3v) is 2.74. The average Bonchev–Trinajstić information content (AvgIpc) is 2.33. The van der Waals surface area contributed by atoms with Crippen LogP contribution in [0.15, 0.2) is 18.2 Å². The third kappa shape index (κ3) is 4.27. The van der Waals surface area contributed by atoms with Crippen LogP contribution in [0.25, 0.3) is 0 Å². The highest BCUT2D eigenvalue weighted by Crippen LogP contribution is 2.15. The van der Waals surface area contributed by atoms with Crippen molar-refractivity contribution < 1.29 is 24.6 Å². The molecule has 0 radical (unpaired) electrons. The van der Waals surface area contributed by atoms with E-state index in [1.165, 1.54) is 18.2 Å². The highest BCUT2D eigenvalue weighted by Gasteiger charge is 2.21. The second-order valence-electron chi connectivity index (χ2n) is 4.37. The largest absolute Gasteiger partial charge is 0.508 e. The normalized spacial score (nSPS) is 11.7. The summed E-state index contributed by atoms with van der Waals surface area (Å²) < 4.78 is 0. The molecular weight excluding hydrogens is 264 g/mol.